The molecule has 0 fully saturated rings. The van der Waals surface area contributed by atoms with E-state index in [0.29, 0.717) is 29.2 Å². The van der Waals surface area contributed by atoms with Gasteiger partial charge in [0, 0.05) is 5.69 Å². The van der Waals surface area contributed by atoms with E-state index in [1.165, 1.54) is 6.26 Å². The van der Waals surface area contributed by atoms with Crippen LogP contribution >= 0.6 is 0 Å². The van der Waals surface area contributed by atoms with Crippen molar-refractivity contribution in [3.8, 4) is 11.7 Å². The van der Waals surface area contributed by atoms with Crippen LogP contribution in [-0.4, -0.2) is 25.1 Å². The third-order valence-electron chi connectivity index (χ3n) is 3.52. The molecule has 9 nitrogen and oxygen atoms in total. The lowest BCUT2D eigenvalue weighted by Crippen LogP contribution is -2.08. The molecular weight excluding hydrogens is 334 g/mol. The number of nitrogens with two attached hydrogens (primary N) is 1. The standard InChI is InChI=1S/C17H15N7O2/c1-10-4-6-11(7-5-10)19-17-22-13(21-16(18)23-17)9-14-20-15(26-24-14)12-3-2-8-25-12/h2-8H,9H2,1H3,(H3,18,19,21,22,23). The van der Waals surface area contributed by atoms with E-state index >= 15 is 0 Å². The third kappa shape index (κ3) is 3.51. The number of furan rings is 1. The highest BCUT2D eigenvalue weighted by atomic mass is 16.5. The van der Waals surface area contributed by atoms with Gasteiger partial charge in [-0.3, -0.25) is 0 Å². The van der Waals surface area contributed by atoms with E-state index in [4.69, 9.17) is 14.7 Å². The number of benzene rings is 1. The fourth-order valence-corrected chi connectivity index (χ4v) is 2.31. The zero-order valence-corrected chi connectivity index (χ0v) is 13.9. The summed E-state index contributed by atoms with van der Waals surface area (Å²) < 4.78 is 10.4. The fraction of sp³-hybridized carbons (Fsp3) is 0.118. The molecule has 0 bridgehead atoms. The lowest BCUT2D eigenvalue weighted by molar-refractivity contribution is 0.410. The summed E-state index contributed by atoms with van der Waals surface area (Å²) in [5, 5.41) is 7.02. The summed E-state index contributed by atoms with van der Waals surface area (Å²) in [4.78, 5) is 16.9. The van der Waals surface area contributed by atoms with Crippen molar-refractivity contribution in [3.63, 3.8) is 0 Å². The van der Waals surface area contributed by atoms with Gasteiger partial charge in [-0.2, -0.15) is 19.9 Å². The van der Waals surface area contributed by atoms with Gasteiger partial charge in [-0.05, 0) is 31.2 Å². The first kappa shape index (κ1) is 15.8. The minimum Gasteiger partial charge on any atom is -0.459 e. The van der Waals surface area contributed by atoms with E-state index < -0.39 is 0 Å². The van der Waals surface area contributed by atoms with Gasteiger partial charge in [-0.15, -0.1) is 0 Å². The molecule has 4 aromatic rings. The smallest absolute Gasteiger partial charge is 0.293 e. The minimum absolute atomic E-state index is 0.111. The molecule has 3 N–H and O–H groups in total. The average Bonchev–Trinajstić information content (AvgIpc) is 3.28. The van der Waals surface area contributed by atoms with E-state index in [2.05, 4.69) is 30.4 Å². The number of nitrogens with zero attached hydrogens (tertiary/aromatic N) is 5. The predicted octanol–water partition coefficient (Wildman–Crippen LogP) is 2.74. The highest BCUT2D eigenvalue weighted by Crippen LogP contribution is 2.18. The van der Waals surface area contributed by atoms with Crippen molar-refractivity contribution in [2.24, 2.45) is 0 Å². The number of aromatic nitrogens is 5. The molecule has 26 heavy (non-hydrogen) atoms. The maximum absolute atomic E-state index is 5.79. The van der Waals surface area contributed by atoms with E-state index in [1.807, 2.05) is 31.2 Å². The van der Waals surface area contributed by atoms with Crippen LogP contribution in [0.3, 0.4) is 0 Å². The van der Waals surface area contributed by atoms with E-state index in [0.717, 1.165) is 11.3 Å². The van der Waals surface area contributed by atoms with Crippen molar-refractivity contribution in [2.45, 2.75) is 13.3 Å². The number of nitrogens with one attached hydrogen (secondary N) is 1. The Labute approximate surface area is 148 Å². The lowest BCUT2D eigenvalue weighted by atomic mass is 10.2. The molecule has 1 aromatic carbocycles. The molecule has 3 heterocycles. The molecule has 0 spiro atoms. The van der Waals surface area contributed by atoms with Crippen molar-refractivity contribution in [2.75, 3.05) is 11.1 Å². The summed E-state index contributed by atoms with van der Waals surface area (Å²) in [6.45, 7) is 2.02. The molecule has 0 aliphatic carbocycles. The lowest BCUT2D eigenvalue weighted by Gasteiger charge is -2.06. The molecule has 9 heteroatoms. The Morgan fingerprint density at radius 1 is 1.00 bits per heavy atom. The van der Waals surface area contributed by atoms with Crippen LogP contribution in [-0.2, 0) is 6.42 Å². The van der Waals surface area contributed by atoms with Crippen LogP contribution in [0.1, 0.15) is 17.2 Å². The topological polar surface area (TPSA) is 129 Å². The molecule has 4 rings (SSSR count). The largest absolute Gasteiger partial charge is 0.459 e. The van der Waals surface area contributed by atoms with Crippen molar-refractivity contribution in [1.82, 2.24) is 25.1 Å². The quantitative estimate of drug-likeness (QED) is 0.558. The molecule has 3 aromatic heterocycles. The van der Waals surface area contributed by atoms with Crippen LogP contribution in [0.15, 0.2) is 51.6 Å². The van der Waals surface area contributed by atoms with Crippen molar-refractivity contribution < 1.29 is 8.94 Å². The summed E-state index contributed by atoms with van der Waals surface area (Å²) in [7, 11) is 0. The Morgan fingerprint density at radius 2 is 1.85 bits per heavy atom. The number of anilines is 3. The van der Waals surface area contributed by atoms with Gasteiger partial charge < -0.3 is 20.0 Å². The highest BCUT2D eigenvalue weighted by Gasteiger charge is 2.14. The van der Waals surface area contributed by atoms with Crippen LogP contribution in [0.25, 0.3) is 11.7 Å². The Morgan fingerprint density at radius 3 is 2.62 bits per heavy atom. The first-order valence-corrected chi connectivity index (χ1v) is 7.86. The first-order chi connectivity index (χ1) is 12.7. The highest BCUT2D eigenvalue weighted by molar-refractivity contribution is 5.54. The van der Waals surface area contributed by atoms with Crippen LogP contribution < -0.4 is 11.1 Å². The van der Waals surface area contributed by atoms with Gasteiger partial charge in [0.2, 0.25) is 11.9 Å². The van der Waals surface area contributed by atoms with Crippen LogP contribution in [0.5, 0.6) is 0 Å². The average molecular weight is 349 g/mol. The second kappa shape index (κ2) is 6.63. The van der Waals surface area contributed by atoms with Crippen molar-refractivity contribution in [1.29, 1.82) is 0 Å². The van der Waals surface area contributed by atoms with Gasteiger partial charge >= 0.3 is 0 Å². The fourth-order valence-electron chi connectivity index (χ4n) is 2.31. The maximum atomic E-state index is 5.79. The SMILES string of the molecule is Cc1ccc(Nc2nc(N)nc(Cc3noc(-c4ccco4)n3)n2)cc1. The Hall–Kier alpha value is -3.75. The molecule has 0 amide bonds. The molecule has 0 radical (unpaired) electrons. The molecule has 0 unspecified atom stereocenters. The molecular formula is C17H15N7O2. The van der Waals surface area contributed by atoms with E-state index in [-0.39, 0.29) is 12.4 Å². The Balaban J connectivity index is 1.53. The van der Waals surface area contributed by atoms with Crippen LogP contribution in [0, 0.1) is 6.92 Å². The van der Waals surface area contributed by atoms with Crippen LogP contribution in [0.4, 0.5) is 17.6 Å². The molecule has 0 aliphatic heterocycles. The van der Waals surface area contributed by atoms with Crippen molar-refractivity contribution >= 4 is 17.6 Å². The normalized spacial score (nSPS) is 10.8. The summed E-state index contributed by atoms with van der Waals surface area (Å²) in [6, 6.07) is 11.3. The maximum Gasteiger partial charge on any atom is 0.293 e. The summed E-state index contributed by atoms with van der Waals surface area (Å²) in [6.07, 6.45) is 1.79. The summed E-state index contributed by atoms with van der Waals surface area (Å²) in [5.74, 6) is 2.11. The number of rotatable bonds is 5. The number of hydrogen-bond acceptors (Lipinski definition) is 9. The third-order valence-corrected chi connectivity index (χ3v) is 3.52. The predicted molar refractivity (Wildman–Crippen MR) is 93.5 cm³/mol. The monoisotopic (exact) mass is 349 g/mol. The second-order valence-electron chi connectivity index (χ2n) is 5.59. The molecule has 0 saturated heterocycles. The van der Waals surface area contributed by atoms with Crippen molar-refractivity contribution in [3.05, 3.63) is 59.9 Å². The number of nitrogen functional groups attached to an aromatic ring is 1. The molecule has 130 valence electrons. The first-order valence-electron chi connectivity index (χ1n) is 7.86. The van der Waals surface area contributed by atoms with Gasteiger partial charge in [0.1, 0.15) is 5.82 Å². The molecule has 0 aliphatic rings. The van der Waals surface area contributed by atoms with E-state index in [1.54, 1.807) is 12.1 Å². The number of hydrogen-bond donors (Lipinski definition) is 2. The Kier molecular flexibility index (Phi) is 4.02. The van der Waals surface area contributed by atoms with E-state index in [9.17, 15) is 0 Å². The summed E-state index contributed by atoms with van der Waals surface area (Å²) >= 11 is 0. The van der Waals surface area contributed by atoms with Gasteiger partial charge in [0.15, 0.2) is 11.6 Å². The van der Waals surface area contributed by atoms with Gasteiger partial charge in [-0.25, -0.2) is 0 Å². The van der Waals surface area contributed by atoms with Gasteiger partial charge in [0.25, 0.3) is 5.89 Å². The molecule has 0 atom stereocenters. The number of aryl methyl sites for hydroxylation is 1. The van der Waals surface area contributed by atoms with Gasteiger partial charge in [-0.1, -0.05) is 22.9 Å². The zero-order valence-electron chi connectivity index (χ0n) is 13.9. The molecule has 0 saturated carbocycles. The second-order valence-corrected chi connectivity index (χ2v) is 5.59. The van der Waals surface area contributed by atoms with Gasteiger partial charge in [0.05, 0.1) is 12.7 Å². The minimum atomic E-state index is 0.111. The zero-order chi connectivity index (χ0) is 17.9. The Bertz CT molecular complexity index is 1010. The van der Waals surface area contributed by atoms with Crippen LogP contribution in [0.2, 0.25) is 0 Å². The summed E-state index contributed by atoms with van der Waals surface area (Å²) in [5.41, 5.74) is 7.81.